The average Bonchev–Trinajstić information content (AvgIpc) is 2.64. The molecule has 0 spiro atoms. The molecule has 2 aromatic carbocycles. The lowest BCUT2D eigenvalue weighted by molar-refractivity contribution is 0.610. The fourth-order valence-electron chi connectivity index (χ4n) is 2.70. The highest BCUT2D eigenvalue weighted by molar-refractivity contribution is 5.61. The van der Waals surface area contributed by atoms with Crippen molar-refractivity contribution in [1.82, 2.24) is 15.2 Å². The summed E-state index contributed by atoms with van der Waals surface area (Å²) in [7, 11) is 0. The van der Waals surface area contributed by atoms with Crippen molar-refractivity contribution in [2.75, 3.05) is 17.2 Å². The van der Waals surface area contributed by atoms with E-state index >= 15 is 0 Å². The van der Waals surface area contributed by atoms with E-state index in [2.05, 4.69) is 45.7 Å². The number of hydrogen-bond acceptors (Lipinski definition) is 5. The van der Waals surface area contributed by atoms with Gasteiger partial charge in [0.25, 0.3) is 0 Å². The number of nitrogens with one attached hydrogen (secondary N) is 2. The van der Waals surface area contributed by atoms with Crippen LogP contribution < -0.4 is 10.6 Å². The van der Waals surface area contributed by atoms with E-state index in [1.807, 2.05) is 24.3 Å². The third-order valence-electron chi connectivity index (χ3n) is 4.04. The summed E-state index contributed by atoms with van der Waals surface area (Å²) in [5, 5.41) is 14.4. The maximum Gasteiger partial charge on any atom is 0.244 e. The van der Waals surface area contributed by atoms with Gasteiger partial charge in [0.1, 0.15) is 5.82 Å². The van der Waals surface area contributed by atoms with E-state index in [-0.39, 0.29) is 5.82 Å². The molecule has 0 radical (unpaired) electrons. The molecule has 6 heteroatoms. The minimum absolute atomic E-state index is 0.200. The zero-order valence-electron chi connectivity index (χ0n) is 14.9. The summed E-state index contributed by atoms with van der Waals surface area (Å²) in [4.78, 5) is 4.43. The first-order valence-corrected chi connectivity index (χ1v) is 8.66. The summed E-state index contributed by atoms with van der Waals surface area (Å²) in [6, 6.07) is 14.9. The smallest absolute Gasteiger partial charge is 0.244 e. The zero-order chi connectivity index (χ0) is 18.4. The van der Waals surface area contributed by atoms with E-state index in [1.165, 1.54) is 11.6 Å². The van der Waals surface area contributed by atoms with E-state index in [1.54, 1.807) is 18.3 Å². The van der Waals surface area contributed by atoms with Gasteiger partial charge >= 0.3 is 0 Å². The predicted molar refractivity (Wildman–Crippen MR) is 102 cm³/mol. The normalized spacial score (nSPS) is 10.8. The first-order chi connectivity index (χ1) is 12.6. The number of nitrogens with zero attached hydrogens (tertiary/aromatic N) is 3. The van der Waals surface area contributed by atoms with Gasteiger partial charge in [-0.2, -0.15) is 10.1 Å². The number of halogens is 1. The molecule has 3 aromatic rings. The Labute approximate surface area is 152 Å². The minimum atomic E-state index is -0.200. The second-order valence-corrected chi connectivity index (χ2v) is 6.30. The Morgan fingerprint density at radius 1 is 1.04 bits per heavy atom. The second-order valence-electron chi connectivity index (χ2n) is 6.30. The van der Waals surface area contributed by atoms with Gasteiger partial charge in [0, 0.05) is 12.2 Å². The lowest BCUT2D eigenvalue weighted by Crippen LogP contribution is -2.10. The molecular weight excluding hydrogens is 329 g/mol. The molecule has 0 amide bonds. The molecule has 0 atom stereocenters. The zero-order valence-corrected chi connectivity index (χ0v) is 14.9. The molecule has 3 rings (SSSR count). The molecule has 0 saturated heterocycles. The van der Waals surface area contributed by atoms with Crippen LogP contribution in [-0.4, -0.2) is 21.7 Å². The van der Waals surface area contributed by atoms with Gasteiger partial charge in [0.2, 0.25) is 5.95 Å². The van der Waals surface area contributed by atoms with E-state index in [0.717, 1.165) is 5.69 Å². The van der Waals surface area contributed by atoms with Crippen LogP contribution >= 0.6 is 0 Å². The Balaban J connectivity index is 1.64. The van der Waals surface area contributed by atoms with E-state index in [0.29, 0.717) is 36.2 Å². The van der Waals surface area contributed by atoms with Crippen LogP contribution in [0, 0.1) is 5.82 Å². The van der Waals surface area contributed by atoms with Crippen LogP contribution in [0.1, 0.15) is 30.9 Å². The van der Waals surface area contributed by atoms with Crippen LogP contribution in [0.4, 0.5) is 21.8 Å². The molecule has 134 valence electrons. The number of para-hydroxylation sites is 1. The fraction of sp³-hybridized carbons (Fsp3) is 0.250. The number of rotatable bonds is 7. The monoisotopic (exact) mass is 351 g/mol. The SMILES string of the molecule is CC(C)c1ccccc1Nc1cnnc(NCCc2ccccc2F)n1. The number of aromatic nitrogens is 3. The van der Waals surface area contributed by atoms with Crippen LogP contribution in [-0.2, 0) is 6.42 Å². The molecule has 1 heterocycles. The first kappa shape index (κ1) is 17.8. The van der Waals surface area contributed by atoms with Crippen molar-refractivity contribution in [2.24, 2.45) is 0 Å². The maximum atomic E-state index is 13.6. The van der Waals surface area contributed by atoms with Crippen LogP contribution in [0.25, 0.3) is 0 Å². The maximum absolute atomic E-state index is 13.6. The minimum Gasteiger partial charge on any atom is -0.353 e. The Bertz CT molecular complexity index is 866. The number of benzene rings is 2. The van der Waals surface area contributed by atoms with Crippen LogP contribution in [0.3, 0.4) is 0 Å². The molecule has 26 heavy (non-hydrogen) atoms. The van der Waals surface area contributed by atoms with Crippen molar-refractivity contribution in [3.8, 4) is 0 Å². The molecule has 0 bridgehead atoms. The third kappa shape index (κ3) is 4.53. The van der Waals surface area contributed by atoms with Gasteiger partial charge < -0.3 is 10.6 Å². The van der Waals surface area contributed by atoms with E-state index < -0.39 is 0 Å². The Kier molecular flexibility index (Phi) is 5.73. The average molecular weight is 351 g/mol. The highest BCUT2D eigenvalue weighted by atomic mass is 19.1. The summed E-state index contributed by atoms with van der Waals surface area (Å²) in [5.41, 5.74) is 2.87. The Morgan fingerprint density at radius 3 is 2.62 bits per heavy atom. The fourth-order valence-corrected chi connectivity index (χ4v) is 2.70. The molecule has 5 nitrogen and oxygen atoms in total. The molecule has 0 aliphatic heterocycles. The number of anilines is 3. The van der Waals surface area contributed by atoms with Gasteiger partial charge in [-0.25, -0.2) is 4.39 Å². The van der Waals surface area contributed by atoms with Gasteiger partial charge in [0.15, 0.2) is 5.82 Å². The van der Waals surface area contributed by atoms with Crippen molar-refractivity contribution in [3.05, 3.63) is 71.7 Å². The molecule has 0 aliphatic rings. The summed E-state index contributed by atoms with van der Waals surface area (Å²) < 4.78 is 13.6. The summed E-state index contributed by atoms with van der Waals surface area (Å²) in [5.74, 6) is 1.22. The van der Waals surface area contributed by atoms with Crippen LogP contribution in [0.2, 0.25) is 0 Å². The van der Waals surface area contributed by atoms with E-state index in [4.69, 9.17) is 0 Å². The highest BCUT2D eigenvalue weighted by Gasteiger charge is 2.08. The molecule has 0 saturated carbocycles. The van der Waals surface area contributed by atoms with Crippen LogP contribution in [0.5, 0.6) is 0 Å². The highest BCUT2D eigenvalue weighted by Crippen LogP contribution is 2.26. The van der Waals surface area contributed by atoms with Crippen molar-refractivity contribution in [2.45, 2.75) is 26.2 Å². The Morgan fingerprint density at radius 2 is 1.81 bits per heavy atom. The quantitative estimate of drug-likeness (QED) is 0.655. The van der Waals surface area contributed by atoms with Gasteiger partial charge in [0.05, 0.1) is 6.20 Å². The predicted octanol–water partition coefficient (Wildman–Crippen LogP) is 4.53. The topological polar surface area (TPSA) is 62.7 Å². The first-order valence-electron chi connectivity index (χ1n) is 8.66. The van der Waals surface area contributed by atoms with Crippen molar-refractivity contribution >= 4 is 17.5 Å². The van der Waals surface area contributed by atoms with E-state index in [9.17, 15) is 4.39 Å². The van der Waals surface area contributed by atoms with Crippen molar-refractivity contribution in [1.29, 1.82) is 0 Å². The molecule has 0 unspecified atom stereocenters. The van der Waals surface area contributed by atoms with Gasteiger partial charge in [-0.1, -0.05) is 50.2 Å². The van der Waals surface area contributed by atoms with Crippen molar-refractivity contribution in [3.63, 3.8) is 0 Å². The van der Waals surface area contributed by atoms with Gasteiger partial charge in [-0.05, 0) is 35.6 Å². The van der Waals surface area contributed by atoms with Crippen molar-refractivity contribution < 1.29 is 4.39 Å². The molecule has 0 fully saturated rings. The number of hydrogen-bond donors (Lipinski definition) is 2. The standard InChI is InChI=1S/C20H22FN5/c1-14(2)16-8-4-6-10-18(16)24-19-13-23-26-20(25-19)22-12-11-15-7-3-5-9-17(15)21/h3-10,13-14H,11-12H2,1-2H3,(H2,22,24,25,26). The van der Waals surface area contributed by atoms with Crippen LogP contribution in [0.15, 0.2) is 54.7 Å². The molecule has 0 aliphatic carbocycles. The molecule has 2 N–H and O–H groups in total. The lowest BCUT2D eigenvalue weighted by Gasteiger charge is -2.14. The van der Waals surface area contributed by atoms with Gasteiger partial charge in [-0.15, -0.1) is 5.10 Å². The molecular formula is C20H22FN5. The summed E-state index contributed by atoms with van der Waals surface area (Å²) in [6.45, 7) is 4.82. The second kappa shape index (κ2) is 8.38. The summed E-state index contributed by atoms with van der Waals surface area (Å²) >= 11 is 0. The lowest BCUT2D eigenvalue weighted by atomic mass is 10.0. The molecule has 1 aromatic heterocycles. The Hall–Kier alpha value is -3.02. The van der Waals surface area contributed by atoms with Gasteiger partial charge in [-0.3, -0.25) is 0 Å². The largest absolute Gasteiger partial charge is 0.353 e. The third-order valence-corrected chi connectivity index (χ3v) is 4.04. The summed E-state index contributed by atoms with van der Waals surface area (Å²) in [6.07, 6.45) is 2.13.